The summed E-state index contributed by atoms with van der Waals surface area (Å²) in [6.07, 6.45) is 5.44. The highest BCUT2D eigenvalue weighted by Gasteiger charge is 2.20. The number of alkyl halides is 1. The van der Waals surface area contributed by atoms with Crippen LogP contribution in [0.25, 0.3) is 0 Å². The molecule has 1 saturated carbocycles. The Bertz CT molecular complexity index is 137. The van der Waals surface area contributed by atoms with Crippen LogP contribution in [0.1, 0.15) is 25.7 Å². The summed E-state index contributed by atoms with van der Waals surface area (Å²) < 4.78 is 5.01. The largest absolute Gasteiger partial charge is 0.383 e. The average Bonchev–Trinajstić information content (AvgIpc) is 2.55. The van der Waals surface area contributed by atoms with E-state index in [1.165, 1.54) is 25.7 Å². The molecule has 1 aliphatic rings. The van der Waals surface area contributed by atoms with Gasteiger partial charge >= 0.3 is 0 Å². The van der Waals surface area contributed by atoms with Gasteiger partial charge < -0.3 is 9.64 Å². The Morgan fingerprint density at radius 3 is 2.62 bits per heavy atom. The molecule has 78 valence electrons. The van der Waals surface area contributed by atoms with E-state index >= 15 is 0 Å². The van der Waals surface area contributed by atoms with E-state index in [1.54, 1.807) is 7.11 Å². The van der Waals surface area contributed by atoms with E-state index in [1.807, 2.05) is 0 Å². The summed E-state index contributed by atoms with van der Waals surface area (Å²) in [4.78, 5) is 2.38. The molecular weight excluding hydrogens is 186 g/mol. The maximum Gasteiger partial charge on any atom is 0.0696 e. The van der Waals surface area contributed by atoms with E-state index in [2.05, 4.69) is 11.9 Å². The van der Waals surface area contributed by atoms with E-state index in [9.17, 15) is 0 Å². The topological polar surface area (TPSA) is 12.5 Å². The zero-order valence-electron chi connectivity index (χ0n) is 8.63. The average molecular weight is 206 g/mol. The van der Waals surface area contributed by atoms with Crippen molar-refractivity contribution in [2.75, 3.05) is 27.3 Å². The molecule has 0 saturated heterocycles. The molecule has 1 rings (SSSR count). The molecule has 1 fully saturated rings. The van der Waals surface area contributed by atoms with Gasteiger partial charge in [-0.15, -0.1) is 11.6 Å². The van der Waals surface area contributed by atoms with Crippen LogP contribution in [-0.4, -0.2) is 43.6 Å². The molecule has 13 heavy (non-hydrogen) atoms. The van der Waals surface area contributed by atoms with Gasteiger partial charge in [0.15, 0.2) is 0 Å². The molecule has 1 atom stereocenters. The summed E-state index contributed by atoms with van der Waals surface area (Å²) in [5, 5.41) is 0.135. The van der Waals surface area contributed by atoms with Gasteiger partial charge in [-0.2, -0.15) is 0 Å². The number of halogens is 1. The molecule has 3 heteroatoms. The van der Waals surface area contributed by atoms with Crippen molar-refractivity contribution < 1.29 is 4.74 Å². The lowest BCUT2D eigenvalue weighted by Crippen LogP contribution is -2.35. The molecule has 0 aliphatic heterocycles. The summed E-state index contributed by atoms with van der Waals surface area (Å²) in [7, 11) is 3.87. The van der Waals surface area contributed by atoms with Crippen LogP contribution in [0.3, 0.4) is 0 Å². The Balaban J connectivity index is 2.18. The molecule has 0 radical (unpaired) electrons. The van der Waals surface area contributed by atoms with Crippen LogP contribution in [0.4, 0.5) is 0 Å². The molecule has 0 spiro atoms. The van der Waals surface area contributed by atoms with E-state index in [-0.39, 0.29) is 5.38 Å². The molecule has 0 heterocycles. The van der Waals surface area contributed by atoms with Gasteiger partial charge in [0.2, 0.25) is 0 Å². The van der Waals surface area contributed by atoms with Crippen LogP contribution in [0.2, 0.25) is 0 Å². The Hall–Kier alpha value is 0.210. The lowest BCUT2D eigenvalue weighted by atomic mass is 10.2. The van der Waals surface area contributed by atoms with E-state index in [0.717, 1.165) is 12.6 Å². The number of methoxy groups -OCH3 is 1. The maximum atomic E-state index is 6.09. The van der Waals surface area contributed by atoms with E-state index in [4.69, 9.17) is 16.3 Å². The molecule has 0 aromatic carbocycles. The van der Waals surface area contributed by atoms with Crippen LogP contribution in [0.15, 0.2) is 0 Å². The Morgan fingerprint density at radius 1 is 1.46 bits per heavy atom. The van der Waals surface area contributed by atoms with Gasteiger partial charge in [0.1, 0.15) is 0 Å². The summed E-state index contributed by atoms with van der Waals surface area (Å²) in [6.45, 7) is 1.60. The standard InChI is InChI=1S/C10H20ClNO/c1-12(7-9(11)8-13-2)10-5-3-4-6-10/h9-10H,3-8H2,1-2H3. The highest BCUT2D eigenvalue weighted by Crippen LogP contribution is 2.22. The normalized spacial score (nSPS) is 21.2. The second-order valence-electron chi connectivity index (χ2n) is 3.93. The van der Waals surface area contributed by atoms with Crippen LogP contribution >= 0.6 is 11.6 Å². The predicted molar refractivity (Wildman–Crippen MR) is 56.4 cm³/mol. The van der Waals surface area contributed by atoms with Gasteiger partial charge in [0, 0.05) is 19.7 Å². The van der Waals surface area contributed by atoms with Crippen molar-refractivity contribution in [3.05, 3.63) is 0 Å². The second-order valence-corrected chi connectivity index (χ2v) is 4.55. The number of nitrogens with zero attached hydrogens (tertiary/aromatic N) is 1. The second kappa shape index (κ2) is 5.84. The van der Waals surface area contributed by atoms with Crippen LogP contribution in [0, 0.1) is 0 Å². The summed E-state index contributed by atoms with van der Waals surface area (Å²) in [5.74, 6) is 0. The summed E-state index contributed by atoms with van der Waals surface area (Å²) in [6, 6.07) is 0.762. The third kappa shape index (κ3) is 3.84. The smallest absolute Gasteiger partial charge is 0.0696 e. The molecular formula is C10H20ClNO. The predicted octanol–water partition coefficient (Wildman–Crippen LogP) is 2.11. The minimum atomic E-state index is 0.135. The fourth-order valence-electron chi connectivity index (χ4n) is 2.04. The van der Waals surface area contributed by atoms with Crippen molar-refractivity contribution >= 4 is 11.6 Å². The van der Waals surface area contributed by atoms with Crippen molar-refractivity contribution in [1.82, 2.24) is 4.90 Å². The zero-order valence-corrected chi connectivity index (χ0v) is 9.39. The fraction of sp³-hybridized carbons (Fsp3) is 1.00. The fourth-order valence-corrected chi connectivity index (χ4v) is 2.38. The Labute approximate surface area is 86.2 Å². The third-order valence-corrected chi connectivity index (χ3v) is 3.05. The quantitative estimate of drug-likeness (QED) is 0.638. The van der Waals surface area contributed by atoms with Gasteiger partial charge in [-0.05, 0) is 19.9 Å². The molecule has 0 aromatic rings. The van der Waals surface area contributed by atoms with Gasteiger partial charge in [-0.25, -0.2) is 0 Å². The molecule has 1 aliphatic carbocycles. The molecule has 2 nitrogen and oxygen atoms in total. The molecule has 0 aromatic heterocycles. The Kier molecular flexibility index (Phi) is 5.07. The van der Waals surface area contributed by atoms with Gasteiger partial charge in [0.25, 0.3) is 0 Å². The van der Waals surface area contributed by atoms with Crippen molar-refractivity contribution in [3.63, 3.8) is 0 Å². The molecule has 0 amide bonds. The molecule has 0 N–H and O–H groups in total. The molecule has 1 unspecified atom stereocenters. The van der Waals surface area contributed by atoms with E-state index in [0.29, 0.717) is 6.61 Å². The van der Waals surface area contributed by atoms with E-state index < -0.39 is 0 Å². The highest BCUT2D eigenvalue weighted by molar-refractivity contribution is 6.20. The maximum absolute atomic E-state index is 6.09. The van der Waals surface area contributed by atoms with Crippen molar-refractivity contribution in [2.45, 2.75) is 37.1 Å². The number of hydrogen-bond donors (Lipinski definition) is 0. The number of hydrogen-bond acceptors (Lipinski definition) is 2. The monoisotopic (exact) mass is 205 g/mol. The first-order valence-electron chi connectivity index (χ1n) is 5.07. The zero-order chi connectivity index (χ0) is 9.68. The Morgan fingerprint density at radius 2 is 2.08 bits per heavy atom. The first-order chi connectivity index (χ1) is 6.24. The van der Waals surface area contributed by atoms with Gasteiger partial charge in [0.05, 0.1) is 12.0 Å². The lowest BCUT2D eigenvalue weighted by Gasteiger charge is -2.25. The SMILES string of the molecule is COCC(Cl)CN(C)C1CCCC1. The summed E-state index contributed by atoms with van der Waals surface area (Å²) in [5.41, 5.74) is 0. The first-order valence-corrected chi connectivity index (χ1v) is 5.51. The van der Waals surface area contributed by atoms with Gasteiger partial charge in [-0.3, -0.25) is 0 Å². The third-order valence-electron chi connectivity index (χ3n) is 2.78. The van der Waals surface area contributed by atoms with Crippen LogP contribution in [0.5, 0.6) is 0 Å². The van der Waals surface area contributed by atoms with Crippen LogP contribution in [-0.2, 0) is 4.74 Å². The van der Waals surface area contributed by atoms with Crippen molar-refractivity contribution in [1.29, 1.82) is 0 Å². The number of ether oxygens (including phenoxy) is 1. The van der Waals surface area contributed by atoms with Crippen molar-refractivity contribution in [2.24, 2.45) is 0 Å². The number of rotatable bonds is 5. The van der Waals surface area contributed by atoms with Crippen molar-refractivity contribution in [3.8, 4) is 0 Å². The minimum absolute atomic E-state index is 0.135. The molecule has 0 bridgehead atoms. The van der Waals surface area contributed by atoms with Crippen LogP contribution < -0.4 is 0 Å². The summed E-state index contributed by atoms with van der Waals surface area (Å²) >= 11 is 6.09. The highest BCUT2D eigenvalue weighted by atomic mass is 35.5. The minimum Gasteiger partial charge on any atom is -0.383 e. The lowest BCUT2D eigenvalue weighted by molar-refractivity contribution is 0.169. The first kappa shape index (κ1) is 11.3. The van der Waals surface area contributed by atoms with Gasteiger partial charge in [-0.1, -0.05) is 12.8 Å².